The van der Waals surface area contributed by atoms with Gasteiger partial charge in [0.05, 0.1) is 0 Å². The summed E-state index contributed by atoms with van der Waals surface area (Å²) >= 11 is 0. The van der Waals surface area contributed by atoms with Crippen LogP contribution in [0.3, 0.4) is 0 Å². The van der Waals surface area contributed by atoms with Crippen LogP contribution in [-0.4, -0.2) is 23.1 Å². The average molecular weight is 382 g/mol. The molecule has 0 bridgehead atoms. The molecule has 0 aromatic carbocycles. The molecule has 0 aromatic rings. The zero-order chi connectivity index (χ0) is 9.80. The van der Waals surface area contributed by atoms with Gasteiger partial charge in [0.2, 0.25) is 0 Å². The second kappa shape index (κ2) is 12.8. The molecule has 0 unspecified atom stereocenters. The molecule has 2 aliphatic rings. The molecule has 0 radical (unpaired) electrons. The van der Waals surface area contributed by atoms with E-state index in [2.05, 4.69) is 13.3 Å². The Morgan fingerprint density at radius 2 is 1.35 bits per heavy atom. The minimum absolute atomic E-state index is 0. The number of hydrogen-bond donors (Lipinski definition) is 0. The molecular weight excluding hydrogens is 358 g/mol. The van der Waals surface area contributed by atoms with Crippen LogP contribution in [0.25, 0.3) is 0 Å². The van der Waals surface area contributed by atoms with Crippen LogP contribution in [0.5, 0.6) is 0 Å². The minimum atomic E-state index is 0. The summed E-state index contributed by atoms with van der Waals surface area (Å²) < 4.78 is 0. The zero-order valence-corrected chi connectivity index (χ0v) is 19.4. The molecule has 3 heteroatoms. The van der Waals surface area contributed by atoms with Crippen molar-refractivity contribution < 1.29 is 75.2 Å². The summed E-state index contributed by atoms with van der Waals surface area (Å²) in [5, 5.41) is 0. The SMILES string of the molecule is [Br-].[CH2-]C1CCC(CC2CC[CH-]CC2)CC1.[Mg+2].[Rb+]. The monoisotopic (exact) mass is 380 g/mol. The van der Waals surface area contributed by atoms with Crippen molar-refractivity contribution in [3.63, 3.8) is 0 Å². The van der Waals surface area contributed by atoms with Crippen molar-refractivity contribution >= 4 is 23.1 Å². The summed E-state index contributed by atoms with van der Waals surface area (Å²) in [6.07, 6.45) is 15.4. The largest absolute Gasteiger partial charge is 2.00 e. The van der Waals surface area contributed by atoms with Gasteiger partial charge in [0.25, 0.3) is 0 Å². The Labute approximate surface area is 184 Å². The van der Waals surface area contributed by atoms with Crippen LogP contribution < -0.4 is 75.2 Å². The molecule has 17 heavy (non-hydrogen) atoms. The van der Waals surface area contributed by atoms with Crippen LogP contribution in [0.1, 0.15) is 57.8 Å². The van der Waals surface area contributed by atoms with Crippen molar-refractivity contribution in [3.8, 4) is 0 Å². The van der Waals surface area contributed by atoms with Crippen molar-refractivity contribution in [2.75, 3.05) is 0 Å². The van der Waals surface area contributed by atoms with Gasteiger partial charge in [-0.05, 0) is 18.3 Å². The quantitative estimate of drug-likeness (QED) is 0.385. The van der Waals surface area contributed by atoms with E-state index >= 15 is 0 Å². The molecular formula is C14H24BrMgRb. The molecule has 0 nitrogen and oxygen atoms in total. The molecule has 0 amide bonds. The maximum Gasteiger partial charge on any atom is 2.00 e. The fraction of sp³-hybridized carbons (Fsp3) is 0.857. The number of halogens is 1. The third-order valence-corrected chi connectivity index (χ3v) is 4.19. The summed E-state index contributed by atoms with van der Waals surface area (Å²) in [6, 6.07) is 0. The second-order valence-electron chi connectivity index (χ2n) is 5.43. The molecule has 90 valence electrons. The second-order valence-corrected chi connectivity index (χ2v) is 5.43. The van der Waals surface area contributed by atoms with Gasteiger partial charge in [-0.1, -0.05) is 38.5 Å². The molecule has 0 atom stereocenters. The Hall–Kier alpha value is 3.05. The van der Waals surface area contributed by atoms with Gasteiger partial charge in [-0.2, -0.15) is 18.8 Å². The van der Waals surface area contributed by atoms with Gasteiger partial charge in [-0.3, -0.25) is 0 Å². The Morgan fingerprint density at radius 1 is 0.882 bits per heavy atom. The van der Waals surface area contributed by atoms with Crippen LogP contribution in [0.2, 0.25) is 0 Å². The summed E-state index contributed by atoms with van der Waals surface area (Å²) in [4.78, 5) is 0. The van der Waals surface area contributed by atoms with E-state index in [4.69, 9.17) is 0 Å². The Kier molecular flexibility index (Phi) is 16.8. The first-order chi connectivity index (χ1) is 6.84. The zero-order valence-electron chi connectivity index (χ0n) is 11.5. The van der Waals surface area contributed by atoms with E-state index in [1.54, 1.807) is 0 Å². The fourth-order valence-electron chi connectivity index (χ4n) is 3.17. The topological polar surface area (TPSA) is 0 Å². The van der Waals surface area contributed by atoms with E-state index < -0.39 is 0 Å². The van der Waals surface area contributed by atoms with Gasteiger partial charge >= 0.3 is 81.2 Å². The third-order valence-electron chi connectivity index (χ3n) is 4.19. The summed E-state index contributed by atoms with van der Waals surface area (Å²) in [7, 11) is 0. The summed E-state index contributed by atoms with van der Waals surface area (Å²) in [5.41, 5.74) is 0. The third kappa shape index (κ3) is 8.83. The molecule has 0 spiro atoms. The van der Waals surface area contributed by atoms with Crippen LogP contribution in [0.4, 0.5) is 0 Å². The van der Waals surface area contributed by atoms with Gasteiger partial charge in [0, 0.05) is 0 Å². The van der Waals surface area contributed by atoms with Crippen LogP contribution in [-0.2, 0) is 0 Å². The Bertz CT molecular complexity index is 164. The molecule has 2 aliphatic carbocycles. The maximum absolute atomic E-state index is 4.17. The first-order valence-corrected chi connectivity index (χ1v) is 6.49. The van der Waals surface area contributed by atoms with Crippen molar-refractivity contribution in [2.45, 2.75) is 57.8 Å². The molecule has 2 saturated carbocycles. The van der Waals surface area contributed by atoms with Crippen LogP contribution >= 0.6 is 0 Å². The van der Waals surface area contributed by atoms with Gasteiger partial charge in [0.1, 0.15) is 0 Å². The molecule has 0 heterocycles. The molecule has 0 N–H and O–H groups in total. The molecule has 0 saturated heterocycles. The first kappa shape index (κ1) is 22.3. The molecule has 2 fully saturated rings. The van der Waals surface area contributed by atoms with Crippen molar-refractivity contribution in [2.24, 2.45) is 17.8 Å². The van der Waals surface area contributed by atoms with E-state index in [9.17, 15) is 0 Å². The van der Waals surface area contributed by atoms with Crippen molar-refractivity contribution in [1.29, 1.82) is 0 Å². The van der Waals surface area contributed by atoms with Crippen LogP contribution in [0, 0.1) is 31.1 Å². The fourth-order valence-corrected chi connectivity index (χ4v) is 3.17. The molecule has 0 aromatic heterocycles. The van der Waals surface area contributed by atoms with Crippen molar-refractivity contribution in [1.82, 2.24) is 0 Å². The van der Waals surface area contributed by atoms with Gasteiger partial charge < -0.3 is 30.3 Å². The number of rotatable bonds is 2. The van der Waals surface area contributed by atoms with Gasteiger partial charge in [0.15, 0.2) is 0 Å². The Balaban J connectivity index is 0. The number of hydrogen-bond acceptors (Lipinski definition) is 0. The maximum atomic E-state index is 4.17. The van der Waals surface area contributed by atoms with Crippen LogP contribution in [0.15, 0.2) is 0 Å². The van der Waals surface area contributed by atoms with E-state index in [1.165, 1.54) is 57.8 Å². The first-order valence-electron chi connectivity index (χ1n) is 6.49. The molecule has 0 aliphatic heterocycles. The van der Waals surface area contributed by atoms with E-state index in [0.717, 1.165) is 17.8 Å². The molecule has 2 rings (SSSR count). The minimum Gasteiger partial charge on any atom is -1.00 e. The van der Waals surface area contributed by atoms with Crippen molar-refractivity contribution in [3.05, 3.63) is 13.3 Å². The predicted octanol–water partition coefficient (Wildman–Crippen LogP) is -1.96. The van der Waals surface area contributed by atoms with Gasteiger partial charge in [-0.25, -0.2) is 0 Å². The van der Waals surface area contributed by atoms with E-state index in [-0.39, 0.29) is 98.2 Å². The normalized spacial score (nSPS) is 29.5. The standard InChI is InChI=1S/C14H24.BrH.Mg.Rb/c1-12-7-9-14(10-8-12)11-13-5-3-2-4-6-13;;;/h2,12-14H,1,3-11H2;1H;;/q-2;;+2;+1/p-1. The van der Waals surface area contributed by atoms with Gasteiger partial charge in [-0.15, -0.1) is 0 Å². The summed E-state index contributed by atoms with van der Waals surface area (Å²) in [5.74, 6) is 2.88. The average Bonchev–Trinajstić information content (AvgIpc) is 2.23. The van der Waals surface area contributed by atoms with E-state index in [1.807, 2.05) is 0 Å². The van der Waals surface area contributed by atoms with E-state index in [0.29, 0.717) is 0 Å². The predicted molar refractivity (Wildman–Crippen MR) is 67.4 cm³/mol. The Morgan fingerprint density at radius 3 is 1.88 bits per heavy atom. The smallest absolute Gasteiger partial charge is 1.00 e. The summed E-state index contributed by atoms with van der Waals surface area (Å²) in [6.45, 7) is 4.17.